The predicted molar refractivity (Wildman–Crippen MR) is 106 cm³/mol. The molecule has 0 aliphatic carbocycles. The number of methoxy groups -OCH3 is 2. The maximum absolute atomic E-state index is 12.7. The molecule has 0 aromatic heterocycles. The SMILES string of the molecule is COC(=O)c1cccc(NC(=O)C(C)N(c2ccc(OC)cc2)S(C)(=O)=O)c1. The Morgan fingerprint density at radius 1 is 1.07 bits per heavy atom. The van der Waals surface area contributed by atoms with Gasteiger partial charge in [0.1, 0.15) is 11.8 Å². The number of rotatable bonds is 7. The number of hydrogen-bond acceptors (Lipinski definition) is 6. The lowest BCUT2D eigenvalue weighted by molar-refractivity contribution is -0.116. The highest BCUT2D eigenvalue weighted by Gasteiger charge is 2.29. The molecule has 2 aromatic rings. The highest BCUT2D eigenvalue weighted by Crippen LogP contribution is 2.24. The molecule has 0 aliphatic rings. The zero-order valence-electron chi connectivity index (χ0n) is 16.0. The minimum atomic E-state index is -3.74. The third-order valence-electron chi connectivity index (χ3n) is 3.97. The fourth-order valence-electron chi connectivity index (χ4n) is 2.63. The Morgan fingerprint density at radius 2 is 1.71 bits per heavy atom. The van der Waals surface area contributed by atoms with Gasteiger partial charge in [-0.2, -0.15) is 0 Å². The highest BCUT2D eigenvalue weighted by atomic mass is 32.2. The minimum absolute atomic E-state index is 0.267. The number of esters is 1. The van der Waals surface area contributed by atoms with Crippen molar-refractivity contribution in [2.75, 3.05) is 30.1 Å². The van der Waals surface area contributed by atoms with Gasteiger partial charge in [-0.15, -0.1) is 0 Å². The molecule has 0 spiro atoms. The molecule has 0 bridgehead atoms. The van der Waals surface area contributed by atoms with E-state index in [-0.39, 0.29) is 5.56 Å². The van der Waals surface area contributed by atoms with Gasteiger partial charge in [-0.25, -0.2) is 13.2 Å². The number of amides is 1. The molecule has 1 N–H and O–H groups in total. The fourth-order valence-corrected chi connectivity index (χ4v) is 3.80. The lowest BCUT2D eigenvalue weighted by Gasteiger charge is -2.28. The molecular weight excluding hydrogens is 384 g/mol. The summed E-state index contributed by atoms with van der Waals surface area (Å²) < 4.78 is 35.4. The number of carbonyl (C=O) groups excluding carboxylic acids is 2. The first-order valence-electron chi connectivity index (χ1n) is 8.30. The van der Waals surface area contributed by atoms with Crippen LogP contribution in [-0.4, -0.2) is 46.8 Å². The Balaban J connectivity index is 2.28. The Bertz CT molecular complexity index is 957. The van der Waals surface area contributed by atoms with Crippen LogP contribution in [0, 0.1) is 0 Å². The number of nitrogens with zero attached hydrogens (tertiary/aromatic N) is 1. The maximum Gasteiger partial charge on any atom is 0.337 e. The van der Waals surface area contributed by atoms with Crippen LogP contribution in [0.2, 0.25) is 0 Å². The van der Waals surface area contributed by atoms with Crippen molar-refractivity contribution < 1.29 is 27.5 Å². The summed E-state index contributed by atoms with van der Waals surface area (Å²) in [6.07, 6.45) is 1.03. The van der Waals surface area contributed by atoms with Gasteiger partial charge in [-0.3, -0.25) is 9.10 Å². The zero-order chi connectivity index (χ0) is 20.9. The molecule has 1 unspecified atom stereocenters. The lowest BCUT2D eigenvalue weighted by Crippen LogP contribution is -2.45. The third kappa shape index (κ3) is 5.01. The van der Waals surface area contributed by atoms with Crippen LogP contribution in [0.3, 0.4) is 0 Å². The molecule has 2 rings (SSSR count). The van der Waals surface area contributed by atoms with Gasteiger partial charge < -0.3 is 14.8 Å². The number of ether oxygens (including phenoxy) is 2. The number of sulfonamides is 1. The van der Waals surface area contributed by atoms with Crippen LogP contribution in [0.5, 0.6) is 5.75 Å². The first-order chi connectivity index (χ1) is 13.2. The van der Waals surface area contributed by atoms with Crippen molar-refractivity contribution in [2.45, 2.75) is 13.0 Å². The number of carbonyl (C=O) groups is 2. The average molecular weight is 406 g/mol. The Labute approximate surface area is 164 Å². The summed E-state index contributed by atoms with van der Waals surface area (Å²) in [5.74, 6) is -0.530. The van der Waals surface area contributed by atoms with E-state index in [0.29, 0.717) is 17.1 Å². The third-order valence-corrected chi connectivity index (χ3v) is 5.21. The molecule has 0 fully saturated rings. The second kappa shape index (κ2) is 8.75. The fraction of sp³-hybridized carbons (Fsp3) is 0.263. The Morgan fingerprint density at radius 3 is 2.25 bits per heavy atom. The quantitative estimate of drug-likeness (QED) is 0.708. The molecule has 0 saturated carbocycles. The molecule has 0 saturated heterocycles. The predicted octanol–water partition coefficient (Wildman–Crippen LogP) is 2.28. The van der Waals surface area contributed by atoms with Crippen molar-refractivity contribution in [1.82, 2.24) is 0 Å². The molecule has 1 amide bonds. The van der Waals surface area contributed by atoms with Gasteiger partial charge in [0, 0.05) is 5.69 Å². The first-order valence-corrected chi connectivity index (χ1v) is 10.1. The Hall–Kier alpha value is -3.07. The van der Waals surface area contributed by atoms with Crippen LogP contribution in [0.15, 0.2) is 48.5 Å². The topological polar surface area (TPSA) is 102 Å². The van der Waals surface area contributed by atoms with Gasteiger partial charge in [-0.1, -0.05) is 6.07 Å². The van der Waals surface area contributed by atoms with Crippen LogP contribution >= 0.6 is 0 Å². The van der Waals surface area contributed by atoms with Crippen LogP contribution in [-0.2, 0) is 19.6 Å². The van der Waals surface area contributed by atoms with E-state index < -0.39 is 27.9 Å². The van der Waals surface area contributed by atoms with Crippen molar-refractivity contribution >= 4 is 33.3 Å². The molecule has 9 heteroatoms. The molecule has 0 aliphatic heterocycles. The normalized spacial score (nSPS) is 12.0. The average Bonchev–Trinajstić information content (AvgIpc) is 2.67. The lowest BCUT2D eigenvalue weighted by atomic mass is 10.2. The van der Waals surface area contributed by atoms with Gasteiger partial charge in [0.2, 0.25) is 15.9 Å². The largest absolute Gasteiger partial charge is 0.497 e. The van der Waals surface area contributed by atoms with Crippen LogP contribution < -0.4 is 14.4 Å². The first kappa shape index (κ1) is 21.2. The van der Waals surface area contributed by atoms with E-state index in [0.717, 1.165) is 10.6 Å². The van der Waals surface area contributed by atoms with E-state index in [1.165, 1.54) is 27.2 Å². The number of nitrogens with one attached hydrogen (secondary N) is 1. The maximum atomic E-state index is 12.7. The summed E-state index contributed by atoms with van der Waals surface area (Å²) >= 11 is 0. The van der Waals surface area contributed by atoms with Crippen LogP contribution in [0.25, 0.3) is 0 Å². The van der Waals surface area contributed by atoms with Crippen molar-refractivity contribution in [3.05, 3.63) is 54.1 Å². The second-order valence-corrected chi connectivity index (χ2v) is 7.85. The summed E-state index contributed by atoms with van der Waals surface area (Å²) in [5, 5.41) is 2.63. The highest BCUT2D eigenvalue weighted by molar-refractivity contribution is 7.92. The second-order valence-electron chi connectivity index (χ2n) is 5.99. The molecule has 0 heterocycles. The zero-order valence-corrected chi connectivity index (χ0v) is 16.8. The van der Waals surface area contributed by atoms with Crippen molar-refractivity contribution in [1.29, 1.82) is 0 Å². The monoisotopic (exact) mass is 406 g/mol. The van der Waals surface area contributed by atoms with E-state index in [1.807, 2.05) is 0 Å². The summed E-state index contributed by atoms with van der Waals surface area (Å²) in [6.45, 7) is 1.48. The molecule has 0 radical (unpaired) electrons. The summed E-state index contributed by atoms with van der Waals surface area (Å²) in [5.41, 5.74) is 0.945. The van der Waals surface area contributed by atoms with Gasteiger partial charge in [0.25, 0.3) is 0 Å². The van der Waals surface area contributed by atoms with E-state index in [4.69, 9.17) is 4.74 Å². The molecule has 1 atom stereocenters. The number of benzene rings is 2. The van der Waals surface area contributed by atoms with Crippen molar-refractivity contribution in [3.63, 3.8) is 0 Å². The molecule has 2 aromatic carbocycles. The van der Waals surface area contributed by atoms with Gasteiger partial charge in [0.05, 0.1) is 31.7 Å². The van der Waals surface area contributed by atoms with Crippen molar-refractivity contribution in [3.8, 4) is 5.75 Å². The van der Waals surface area contributed by atoms with Gasteiger partial charge >= 0.3 is 5.97 Å². The molecule has 28 heavy (non-hydrogen) atoms. The number of hydrogen-bond donors (Lipinski definition) is 1. The molecule has 8 nitrogen and oxygen atoms in total. The van der Waals surface area contributed by atoms with Crippen LogP contribution in [0.4, 0.5) is 11.4 Å². The van der Waals surface area contributed by atoms with E-state index >= 15 is 0 Å². The minimum Gasteiger partial charge on any atom is -0.497 e. The molecular formula is C19H22N2O6S. The van der Waals surface area contributed by atoms with Gasteiger partial charge in [0.15, 0.2) is 0 Å². The summed E-state index contributed by atoms with van der Waals surface area (Å²) in [6, 6.07) is 11.5. The molecule has 150 valence electrons. The summed E-state index contributed by atoms with van der Waals surface area (Å²) in [7, 11) is -0.982. The standard InChI is InChI=1S/C19H22N2O6S/c1-13(18(22)20-15-7-5-6-14(12-15)19(23)27-3)21(28(4,24)25)16-8-10-17(26-2)11-9-16/h5-13H,1-4H3,(H,20,22). The number of anilines is 2. The van der Waals surface area contributed by atoms with Crippen molar-refractivity contribution in [2.24, 2.45) is 0 Å². The van der Waals surface area contributed by atoms with E-state index in [2.05, 4.69) is 10.1 Å². The Kier molecular flexibility index (Phi) is 6.63. The van der Waals surface area contributed by atoms with Gasteiger partial charge in [-0.05, 0) is 49.4 Å². The van der Waals surface area contributed by atoms with E-state index in [1.54, 1.807) is 42.5 Å². The summed E-state index contributed by atoms with van der Waals surface area (Å²) in [4.78, 5) is 24.3. The smallest absolute Gasteiger partial charge is 0.337 e. The van der Waals surface area contributed by atoms with E-state index in [9.17, 15) is 18.0 Å². The van der Waals surface area contributed by atoms with Crippen LogP contribution in [0.1, 0.15) is 17.3 Å².